The van der Waals surface area contributed by atoms with E-state index in [0.717, 1.165) is 4.90 Å². The minimum absolute atomic E-state index is 0.0420. The summed E-state index contributed by atoms with van der Waals surface area (Å²) in [6, 6.07) is 4.37. The molecule has 1 aromatic rings. The number of ether oxygens (including phenoxy) is 1. The van der Waals surface area contributed by atoms with Crippen LogP contribution in [0.15, 0.2) is 23.4 Å². The van der Waals surface area contributed by atoms with E-state index in [4.69, 9.17) is 28.0 Å². The van der Waals surface area contributed by atoms with Gasteiger partial charge in [-0.15, -0.1) is 0 Å². The molecule has 0 saturated carbocycles. The summed E-state index contributed by atoms with van der Waals surface area (Å²) in [6.07, 6.45) is -0.366. The van der Waals surface area contributed by atoms with Crippen LogP contribution in [-0.4, -0.2) is 36.2 Å². The van der Waals surface area contributed by atoms with Gasteiger partial charge in [0.1, 0.15) is 0 Å². The van der Waals surface area contributed by atoms with Gasteiger partial charge in [0.15, 0.2) is 5.71 Å². The van der Waals surface area contributed by atoms with Gasteiger partial charge in [-0.05, 0) is 18.2 Å². The van der Waals surface area contributed by atoms with E-state index in [1.165, 1.54) is 25.3 Å². The average molecular weight is 357 g/mol. The minimum atomic E-state index is -1.52. The molecular weight excluding hydrogens is 347 g/mol. The van der Waals surface area contributed by atoms with Gasteiger partial charge >= 0.3 is 5.97 Å². The van der Waals surface area contributed by atoms with Crippen molar-refractivity contribution in [2.24, 2.45) is 5.16 Å². The highest BCUT2D eigenvalue weighted by Crippen LogP contribution is 2.39. The molecule has 2 heterocycles. The molecule has 120 valence electrons. The normalized spacial score (nSPS) is 23.3. The Balaban J connectivity index is 1.91. The zero-order valence-corrected chi connectivity index (χ0v) is 13.3. The maximum atomic E-state index is 12.7. The van der Waals surface area contributed by atoms with Crippen LogP contribution in [0.4, 0.5) is 5.69 Å². The van der Waals surface area contributed by atoms with Gasteiger partial charge in [0.25, 0.3) is 5.91 Å². The number of carbonyl (C=O) groups is 3. The molecule has 1 unspecified atom stereocenters. The van der Waals surface area contributed by atoms with Crippen LogP contribution in [0, 0.1) is 0 Å². The first kappa shape index (κ1) is 15.8. The van der Waals surface area contributed by atoms with Crippen molar-refractivity contribution in [2.45, 2.75) is 18.4 Å². The van der Waals surface area contributed by atoms with E-state index in [0.29, 0.717) is 0 Å². The third-order valence-corrected chi connectivity index (χ3v) is 4.03. The standard InChI is InChI=1S/C14H10Cl2N2O5/c1-22-12(20)10-5-14(23-17-10)6-11(19)18(13(14)21)9-3-7(15)2-8(16)4-9/h2-4H,5-6H2,1H3. The Morgan fingerprint density at radius 2 is 1.91 bits per heavy atom. The lowest BCUT2D eigenvalue weighted by Gasteiger charge is -2.19. The number of halogens is 2. The van der Waals surface area contributed by atoms with Gasteiger partial charge in [-0.1, -0.05) is 28.4 Å². The molecule has 1 fully saturated rings. The van der Waals surface area contributed by atoms with Gasteiger partial charge < -0.3 is 9.57 Å². The van der Waals surface area contributed by atoms with Crippen molar-refractivity contribution in [2.75, 3.05) is 12.0 Å². The first-order chi connectivity index (χ1) is 10.9. The van der Waals surface area contributed by atoms with Gasteiger partial charge in [0, 0.05) is 10.0 Å². The summed E-state index contributed by atoms with van der Waals surface area (Å²) >= 11 is 11.8. The molecule has 0 radical (unpaired) electrons. The van der Waals surface area contributed by atoms with E-state index >= 15 is 0 Å². The Kier molecular flexibility index (Phi) is 3.77. The van der Waals surface area contributed by atoms with Crippen LogP contribution < -0.4 is 4.90 Å². The summed E-state index contributed by atoms with van der Waals surface area (Å²) in [5.41, 5.74) is -1.32. The number of imide groups is 1. The number of carbonyl (C=O) groups excluding carboxylic acids is 3. The van der Waals surface area contributed by atoms with Crippen molar-refractivity contribution in [1.82, 2.24) is 0 Å². The molecular formula is C14H10Cl2N2O5. The number of methoxy groups -OCH3 is 1. The Morgan fingerprint density at radius 1 is 1.26 bits per heavy atom. The summed E-state index contributed by atoms with van der Waals surface area (Å²) in [4.78, 5) is 42.6. The van der Waals surface area contributed by atoms with Crippen LogP contribution in [0.25, 0.3) is 0 Å². The van der Waals surface area contributed by atoms with E-state index in [1.54, 1.807) is 0 Å². The number of esters is 1. The zero-order valence-electron chi connectivity index (χ0n) is 11.8. The van der Waals surface area contributed by atoms with Crippen molar-refractivity contribution in [3.05, 3.63) is 28.2 Å². The second-order valence-electron chi connectivity index (χ2n) is 5.13. The molecule has 0 aliphatic carbocycles. The smallest absolute Gasteiger partial charge is 0.356 e. The van der Waals surface area contributed by atoms with Crippen LogP contribution in [0.3, 0.4) is 0 Å². The number of oxime groups is 1. The molecule has 23 heavy (non-hydrogen) atoms. The first-order valence-corrected chi connectivity index (χ1v) is 7.29. The van der Waals surface area contributed by atoms with Crippen LogP contribution >= 0.6 is 23.2 Å². The van der Waals surface area contributed by atoms with Gasteiger partial charge in [0.05, 0.1) is 25.6 Å². The third-order valence-electron chi connectivity index (χ3n) is 3.59. The van der Waals surface area contributed by atoms with Crippen LogP contribution in [0.5, 0.6) is 0 Å². The molecule has 0 aromatic heterocycles. The number of amides is 2. The van der Waals surface area contributed by atoms with E-state index < -0.39 is 23.4 Å². The molecule has 3 rings (SSSR count). The van der Waals surface area contributed by atoms with Crippen LogP contribution in [-0.2, 0) is 24.0 Å². The lowest BCUT2D eigenvalue weighted by molar-refractivity contribution is -0.136. The van der Waals surface area contributed by atoms with Gasteiger partial charge in [-0.3, -0.25) is 9.59 Å². The maximum Gasteiger partial charge on any atom is 0.356 e. The lowest BCUT2D eigenvalue weighted by Crippen LogP contribution is -2.41. The first-order valence-electron chi connectivity index (χ1n) is 6.53. The number of benzene rings is 1. The SMILES string of the molecule is COC(=O)C1=NOC2(CC(=O)N(c3cc(Cl)cc(Cl)c3)C2=O)C1. The van der Waals surface area contributed by atoms with Crippen LogP contribution in [0.2, 0.25) is 10.0 Å². The van der Waals surface area contributed by atoms with E-state index in [2.05, 4.69) is 9.89 Å². The third kappa shape index (κ3) is 2.55. The number of hydrogen-bond acceptors (Lipinski definition) is 6. The highest BCUT2D eigenvalue weighted by Gasteiger charge is 2.58. The molecule has 2 amide bonds. The number of rotatable bonds is 2. The topological polar surface area (TPSA) is 85.3 Å². The highest BCUT2D eigenvalue weighted by molar-refractivity contribution is 6.39. The molecule has 0 bridgehead atoms. The zero-order chi connectivity index (χ0) is 16.8. The Labute approximate surface area is 140 Å². The highest BCUT2D eigenvalue weighted by atomic mass is 35.5. The average Bonchev–Trinajstić information content (AvgIpc) is 3.00. The molecule has 0 N–H and O–H groups in total. The minimum Gasteiger partial charge on any atom is -0.464 e. The molecule has 2 aliphatic rings. The second-order valence-corrected chi connectivity index (χ2v) is 6.00. The van der Waals surface area contributed by atoms with Crippen molar-refractivity contribution < 1.29 is 24.0 Å². The largest absolute Gasteiger partial charge is 0.464 e. The summed E-state index contributed by atoms with van der Waals surface area (Å²) in [7, 11) is 1.19. The maximum absolute atomic E-state index is 12.7. The number of anilines is 1. The molecule has 1 aromatic carbocycles. The van der Waals surface area contributed by atoms with E-state index in [-0.39, 0.29) is 34.3 Å². The fraction of sp³-hybridized carbons (Fsp3) is 0.286. The van der Waals surface area contributed by atoms with Gasteiger partial charge in [0.2, 0.25) is 11.5 Å². The summed E-state index contributed by atoms with van der Waals surface area (Å²) in [5, 5.41) is 4.15. The fourth-order valence-electron chi connectivity index (χ4n) is 2.56. The molecule has 1 saturated heterocycles. The fourth-order valence-corrected chi connectivity index (χ4v) is 3.07. The predicted octanol–water partition coefficient (Wildman–Crippen LogP) is 1.94. The lowest BCUT2D eigenvalue weighted by atomic mass is 9.95. The number of hydrogen-bond donors (Lipinski definition) is 0. The van der Waals surface area contributed by atoms with Crippen molar-refractivity contribution in [3.63, 3.8) is 0 Å². The number of nitrogens with zero attached hydrogens (tertiary/aromatic N) is 2. The summed E-state index contributed by atoms with van der Waals surface area (Å²) < 4.78 is 4.55. The molecule has 1 atom stereocenters. The summed E-state index contributed by atoms with van der Waals surface area (Å²) in [5.74, 6) is -1.82. The predicted molar refractivity (Wildman–Crippen MR) is 81.5 cm³/mol. The Bertz CT molecular complexity index is 743. The van der Waals surface area contributed by atoms with Gasteiger partial charge in [-0.2, -0.15) is 0 Å². The second kappa shape index (κ2) is 5.50. The Hall–Kier alpha value is -2.12. The van der Waals surface area contributed by atoms with Crippen LogP contribution in [0.1, 0.15) is 12.8 Å². The molecule has 2 aliphatic heterocycles. The Morgan fingerprint density at radius 3 is 2.52 bits per heavy atom. The van der Waals surface area contributed by atoms with E-state index in [1.807, 2.05) is 0 Å². The van der Waals surface area contributed by atoms with Crippen molar-refractivity contribution in [3.8, 4) is 0 Å². The van der Waals surface area contributed by atoms with E-state index in [9.17, 15) is 14.4 Å². The monoisotopic (exact) mass is 356 g/mol. The van der Waals surface area contributed by atoms with Gasteiger partial charge in [-0.25, -0.2) is 9.69 Å². The van der Waals surface area contributed by atoms with Crippen molar-refractivity contribution in [1.29, 1.82) is 0 Å². The molecule has 1 spiro atoms. The molecule has 7 nitrogen and oxygen atoms in total. The van der Waals surface area contributed by atoms with Crippen molar-refractivity contribution >= 4 is 52.4 Å². The quantitative estimate of drug-likeness (QED) is 0.597. The summed E-state index contributed by atoms with van der Waals surface area (Å²) in [6.45, 7) is 0. The molecule has 9 heteroatoms.